The van der Waals surface area contributed by atoms with Crippen LogP contribution in [0.3, 0.4) is 0 Å². The molecule has 7 heteroatoms. The van der Waals surface area contributed by atoms with Gasteiger partial charge in [0.1, 0.15) is 0 Å². The fourth-order valence-electron chi connectivity index (χ4n) is 2.59. The van der Waals surface area contributed by atoms with Crippen LogP contribution in [0.25, 0.3) is 11.0 Å². The predicted molar refractivity (Wildman–Crippen MR) is 107 cm³/mol. The highest BCUT2D eigenvalue weighted by Crippen LogP contribution is 2.16. The van der Waals surface area contributed by atoms with Crippen LogP contribution >= 0.6 is 0 Å². The largest absolute Gasteiger partial charge is 0.352 e. The summed E-state index contributed by atoms with van der Waals surface area (Å²) in [6.45, 7) is 4.88. The van der Waals surface area contributed by atoms with Crippen LogP contribution in [-0.2, 0) is 0 Å². The number of H-pyrrole nitrogens is 1. The van der Waals surface area contributed by atoms with Gasteiger partial charge in [-0.05, 0) is 54.8 Å². The summed E-state index contributed by atoms with van der Waals surface area (Å²) in [4.78, 5) is 31.4. The average Bonchev–Trinajstić information content (AvgIpc) is 3.09. The Labute approximate surface area is 157 Å². The lowest BCUT2D eigenvalue weighted by atomic mass is 10.1. The van der Waals surface area contributed by atoms with Crippen molar-refractivity contribution in [3.05, 3.63) is 54.4 Å². The highest BCUT2D eigenvalue weighted by Gasteiger charge is 2.07. The van der Waals surface area contributed by atoms with Gasteiger partial charge in [-0.25, -0.2) is 9.78 Å². The molecular formula is C20H23N5O2. The number of aromatic amines is 1. The molecule has 3 rings (SSSR count). The van der Waals surface area contributed by atoms with E-state index in [0.29, 0.717) is 29.4 Å². The molecule has 140 valence electrons. The molecule has 0 aliphatic heterocycles. The molecule has 0 fully saturated rings. The minimum Gasteiger partial charge on any atom is -0.352 e. The second-order valence-corrected chi connectivity index (χ2v) is 6.73. The number of rotatable bonds is 6. The number of nitrogens with zero attached hydrogens (tertiary/aromatic N) is 1. The van der Waals surface area contributed by atoms with Gasteiger partial charge in [-0.3, -0.25) is 4.79 Å². The standard InChI is InChI=1S/C20H23N5O2/c1-13(2)9-10-21-19(26)14-3-5-15(6-4-14)24-20(27)25-16-7-8-17-18(11-16)23-12-22-17/h3-8,11-13H,9-10H2,1-2H3,(H,21,26)(H,22,23)(H2,24,25,27). The highest BCUT2D eigenvalue weighted by atomic mass is 16.2. The number of aromatic nitrogens is 2. The van der Waals surface area contributed by atoms with Gasteiger partial charge >= 0.3 is 6.03 Å². The van der Waals surface area contributed by atoms with Gasteiger partial charge in [0.25, 0.3) is 5.91 Å². The molecular weight excluding hydrogens is 342 g/mol. The molecule has 4 N–H and O–H groups in total. The van der Waals surface area contributed by atoms with Gasteiger partial charge in [-0.15, -0.1) is 0 Å². The molecule has 0 aliphatic carbocycles. The number of hydrogen-bond acceptors (Lipinski definition) is 3. The molecule has 1 aromatic heterocycles. The third-order valence-electron chi connectivity index (χ3n) is 4.09. The van der Waals surface area contributed by atoms with E-state index in [9.17, 15) is 9.59 Å². The number of imidazole rings is 1. The minimum atomic E-state index is -0.358. The van der Waals surface area contributed by atoms with Crippen molar-refractivity contribution in [3.63, 3.8) is 0 Å². The van der Waals surface area contributed by atoms with Gasteiger partial charge < -0.3 is 20.9 Å². The smallest absolute Gasteiger partial charge is 0.323 e. The van der Waals surface area contributed by atoms with E-state index in [1.54, 1.807) is 36.7 Å². The number of carbonyl (C=O) groups excluding carboxylic acids is 2. The second-order valence-electron chi connectivity index (χ2n) is 6.73. The Hall–Kier alpha value is -3.35. The SMILES string of the molecule is CC(C)CCNC(=O)c1ccc(NC(=O)Nc2ccc3nc[nH]c3c2)cc1. The third kappa shape index (κ3) is 5.07. The zero-order valence-corrected chi connectivity index (χ0v) is 15.4. The lowest BCUT2D eigenvalue weighted by Gasteiger charge is -2.09. The van der Waals surface area contributed by atoms with Gasteiger partial charge in [0.15, 0.2) is 0 Å². The molecule has 0 unspecified atom stereocenters. The Morgan fingerprint density at radius 1 is 1.04 bits per heavy atom. The normalized spacial score (nSPS) is 10.8. The van der Waals surface area contributed by atoms with E-state index in [1.165, 1.54) is 0 Å². The van der Waals surface area contributed by atoms with Crippen LogP contribution < -0.4 is 16.0 Å². The summed E-state index contributed by atoms with van der Waals surface area (Å²) in [7, 11) is 0. The fourth-order valence-corrected chi connectivity index (χ4v) is 2.59. The number of fused-ring (bicyclic) bond motifs is 1. The summed E-state index contributed by atoms with van der Waals surface area (Å²) in [6.07, 6.45) is 2.55. The third-order valence-corrected chi connectivity index (χ3v) is 4.09. The first-order valence-electron chi connectivity index (χ1n) is 8.90. The molecule has 0 saturated carbocycles. The van der Waals surface area contributed by atoms with Crippen molar-refractivity contribution in [3.8, 4) is 0 Å². The van der Waals surface area contributed by atoms with Crippen LogP contribution in [0.4, 0.5) is 16.2 Å². The van der Waals surface area contributed by atoms with Gasteiger partial charge in [0, 0.05) is 23.5 Å². The predicted octanol–water partition coefficient (Wildman–Crippen LogP) is 3.98. The van der Waals surface area contributed by atoms with E-state index in [4.69, 9.17) is 0 Å². The van der Waals surface area contributed by atoms with E-state index >= 15 is 0 Å². The molecule has 7 nitrogen and oxygen atoms in total. The molecule has 3 amide bonds. The van der Waals surface area contributed by atoms with E-state index in [2.05, 4.69) is 39.8 Å². The Morgan fingerprint density at radius 3 is 2.48 bits per heavy atom. The van der Waals surface area contributed by atoms with Gasteiger partial charge in [-0.2, -0.15) is 0 Å². The monoisotopic (exact) mass is 365 g/mol. The molecule has 0 bridgehead atoms. The van der Waals surface area contributed by atoms with E-state index in [1.807, 2.05) is 12.1 Å². The number of urea groups is 1. The fraction of sp³-hybridized carbons (Fsp3) is 0.250. The molecule has 0 spiro atoms. The summed E-state index contributed by atoms with van der Waals surface area (Å²) in [5.74, 6) is 0.434. The van der Waals surface area contributed by atoms with Crippen molar-refractivity contribution in [2.24, 2.45) is 5.92 Å². The van der Waals surface area contributed by atoms with Gasteiger partial charge in [-0.1, -0.05) is 13.8 Å². The molecule has 0 radical (unpaired) electrons. The van der Waals surface area contributed by atoms with E-state index < -0.39 is 0 Å². The second kappa shape index (κ2) is 8.35. The van der Waals surface area contributed by atoms with Crippen LogP contribution in [0.1, 0.15) is 30.6 Å². The van der Waals surface area contributed by atoms with Crippen LogP contribution in [0.2, 0.25) is 0 Å². The van der Waals surface area contributed by atoms with Crippen molar-refractivity contribution < 1.29 is 9.59 Å². The summed E-state index contributed by atoms with van der Waals surface area (Å²) in [6, 6.07) is 11.9. The maximum absolute atomic E-state index is 12.2. The van der Waals surface area contributed by atoms with Crippen molar-refractivity contribution >= 4 is 34.3 Å². The topological polar surface area (TPSA) is 98.9 Å². The number of nitrogens with one attached hydrogen (secondary N) is 4. The van der Waals surface area contributed by atoms with Crippen LogP contribution in [0.5, 0.6) is 0 Å². The van der Waals surface area contributed by atoms with Crippen LogP contribution in [0, 0.1) is 5.92 Å². The number of hydrogen-bond donors (Lipinski definition) is 4. The minimum absolute atomic E-state index is 0.112. The quantitative estimate of drug-likeness (QED) is 0.532. The first kappa shape index (κ1) is 18.4. The molecule has 27 heavy (non-hydrogen) atoms. The van der Waals surface area contributed by atoms with Gasteiger partial charge in [0.2, 0.25) is 0 Å². The summed E-state index contributed by atoms with van der Waals surface area (Å²) >= 11 is 0. The summed E-state index contributed by atoms with van der Waals surface area (Å²) < 4.78 is 0. The van der Waals surface area contributed by atoms with Crippen LogP contribution in [0.15, 0.2) is 48.8 Å². The Kier molecular flexibility index (Phi) is 5.71. The number of carbonyl (C=O) groups is 2. The average molecular weight is 365 g/mol. The van der Waals surface area contributed by atoms with Crippen molar-refractivity contribution in [1.29, 1.82) is 0 Å². The van der Waals surface area contributed by atoms with Crippen molar-refractivity contribution in [2.75, 3.05) is 17.2 Å². The first-order chi connectivity index (χ1) is 13.0. The zero-order valence-electron chi connectivity index (χ0n) is 15.4. The zero-order chi connectivity index (χ0) is 19.2. The maximum atomic E-state index is 12.2. The van der Waals surface area contributed by atoms with E-state index in [-0.39, 0.29) is 11.9 Å². The molecule has 0 saturated heterocycles. The Balaban J connectivity index is 1.54. The van der Waals surface area contributed by atoms with Crippen molar-refractivity contribution in [2.45, 2.75) is 20.3 Å². The number of anilines is 2. The number of benzene rings is 2. The molecule has 3 aromatic rings. The molecule has 0 aliphatic rings. The molecule has 2 aromatic carbocycles. The first-order valence-corrected chi connectivity index (χ1v) is 8.90. The Bertz CT molecular complexity index is 931. The lowest BCUT2D eigenvalue weighted by molar-refractivity contribution is 0.0952. The maximum Gasteiger partial charge on any atom is 0.323 e. The van der Waals surface area contributed by atoms with Crippen LogP contribution in [-0.4, -0.2) is 28.5 Å². The summed E-state index contributed by atoms with van der Waals surface area (Å²) in [5.41, 5.74) is 3.51. The molecule has 1 heterocycles. The number of amides is 3. The van der Waals surface area contributed by atoms with Gasteiger partial charge in [0.05, 0.1) is 17.4 Å². The lowest BCUT2D eigenvalue weighted by Crippen LogP contribution is -2.25. The molecule has 0 atom stereocenters. The summed E-state index contributed by atoms with van der Waals surface area (Å²) in [5, 5.41) is 8.41. The Morgan fingerprint density at radius 2 is 1.74 bits per heavy atom. The van der Waals surface area contributed by atoms with E-state index in [0.717, 1.165) is 17.5 Å². The van der Waals surface area contributed by atoms with Crippen molar-refractivity contribution in [1.82, 2.24) is 15.3 Å². The highest BCUT2D eigenvalue weighted by molar-refractivity contribution is 6.01.